The van der Waals surface area contributed by atoms with Gasteiger partial charge < -0.3 is 20.1 Å². The second kappa shape index (κ2) is 8.82. The van der Waals surface area contributed by atoms with Gasteiger partial charge in [-0.2, -0.15) is 0 Å². The lowest BCUT2D eigenvalue weighted by molar-refractivity contribution is 0.102. The second-order valence-corrected chi connectivity index (χ2v) is 7.76. The zero-order chi connectivity index (χ0) is 21.7. The van der Waals surface area contributed by atoms with Gasteiger partial charge >= 0.3 is 0 Å². The molecule has 7 nitrogen and oxygen atoms in total. The number of nitrogens with zero attached hydrogens (tertiary/aromatic N) is 2. The van der Waals surface area contributed by atoms with E-state index in [1.54, 1.807) is 32.4 Å². The summed E-state index contributed by atoms with van der Waals surface area (Å²) in [6, 6.07) is 14.8. The first-order chi connectivity index (χ1) is 14.3. The number of hydrogen-bond acceptors (Lipinski definition) is 6. The lowest BCUT2D eigenvalue weighted by atomic mass is 9.87. The van der Waals surface area contributed by atoms with Gasteiger partial charge in [-0.05, 0) is 35.2 Å². The number of carbonyl (C=O) groups is 1. The van der Waals surface area contributed by atoms with E-state index in [9.17, 15) is 4.79 Å². The minimum atomic E-state index is -0.309. The summed E-state index contributed by atoms with van der Waals surface area (Å²) in [4.78, 5) is 20.9. The number of ether oxygens (including phenoxy) is 2. The van der Waals surface area contributed by atoms with Crippen molar-refractivity contribution in [1.29, 1.82) is 0 Å². The molecule has 0 atom stereocenters. The first-order valence-electron chi connectivity index (χ1n) is 9.53. The summed E-state index contributed by atoms with van der Waals surface area (Å²) in [6.45, 7) is 6.44. The maximum absolute atomic E-state index is 12.6. The van der Waals surface area contributed by atoms with Crippen molar-refractivity contribution in [1.82, 2.24) is 9.97 Å². The summed E-state index contributed by atoms with van der Waals surface area (Å²) in [5.74, 6) is 1.40. The zero-order valence-electron chi connectivity index (χ0n) is 17.8. The first-order valence-corrected chi connectivity index (χ1v) is 9.53. The van der Waals surface area contributed by atoms with Gasteiger partial charge in [0.25, 0.3) is 5.91 Å². The van der Waals surface area contributed by atoms with E-state index in [1.165, 1.54) is 11.9 Å². The Labute approximate surface area is 176 Å². The summed E-state index contributed by atoms with van der Waals surface area (Å²) >= 11 is 0. The Balaban J connectivity index is 1.72. The standard InChI is InChI=1S/C23H26N4O3/c1-23(2,3)15-6-8-16(9-7-15)27-22(28)18-13-21(25-14-24-18)26-17-10-11-19(29-4)20(12-17)30-5/h6-14H,1-5H3,(H,27,28)(H,24,25,26). The van der Waals surface area contributed by atoms with Crippen molar-refractivity contribution >= 4 is 23.1 Å². The predicted molar refractivity (Wildman–Crippen MR) is 118 cm³/mol. The number of aromatic nitrogens is 2. The van der Waals surface area contributed by atoms with Crippen LogP contribution in [0.4, 0.5) is 17.2 Å². The maximum atomic E-state index is 12.6. The fourth-order valence-corrected chi connectivity index (χ4v) is 2.86. The van der Waals surface area contributed by atoms with Crippen LogP contribution in [0.1, 0.15) is 36.8 Å². The van der Waals surface area contributed by atoms with Crippen LogP contribution >= 0.6 is 0 Å². The number of anilines is 3. The summed E-state index contributed by atoms with van der Waals surface area (Å²) in [7, 11) is 3.15. The van der Waals surface area contributed by atoms with Crippen LogP contribution in [0.3, 0.4) is 0 Å². The highest BCUT2D eigenvalue weighted by atomic mass is 16.5. The van der Waals surface area contributed by atoms with E-state index in [0.29, 0.717) is 23.0 Å². The molecule has 0 aliphatic heterocycles. The summed E-state index contributed by atoms with van der Waals surface area (Å²) in [5, 5.41) is 6.01. The third kappa shape index (κ3) is 5.05. The van der Waals surface area contributed by atoms with Crippen LogP contribution in [0.2, 0.25) is 0 Å². The Bertz CT molecular complexity index is 1030. The average Bonchev–Trinajstić information content (AvgIpc) is 2.73. The van der Waals surface area contributed by atoms with Gasteiger partial charge in [-0.25, -0.2) is 9.97 Å². The van der Waals surface area contributed by atoms with Gasteiger partial charge in [0.05, 0.1) is 14.2 Å². The Morgan fingerprint density at radius 1 is 0.867 bits per heavy atom. The number of hydrogen-bond donors (Lipinski definition) is 2. The smallest absolute Gasteiger partial charge is 0.274 e. The molecule has 2 N–H and O–H groups in total. The van der Waals surface area contributed by atoms with E-state index < -0.39 is 0 Å². The van der Waals surface area contributed by atoms with Crippen molar-refractivity contribution in [2.75, 3.05) is 24.9 Å². The molecule has 1 amide bonds. The van der Waals surface area contributed by atoms with Crippen LogP contribution in [0.15, 0.2) is 54.9 Å². The van der Waals surface area contributed by atoms with Crippen LogP contribution < -0.4 is 20.1 Å². The third-order valence-electron chi connectivity index (χ3n) is 4.56. The number of carbonyl (C=O) groups excluding carboxylic acids is 1. The Hall–Kier alpha value is -3.61. The average molecular weight is 406 g/mol. The lowest BCUT2D eigenvalue weighted by Gasteiger charge is -2.19. The summed E-state index contributed by atoms with van der Waals surface area (Å²) < 4.78 is 10.6. The van der Waals surface area contributed by atoms with Gasteiger partial charge in [-0.1, -0.05) is 32.9 Å². The molecular formula is C23H26N4O3. The molecule has 0 fully saturated rings. The molecule has 30 heavy (non-hydrogen) atoms. The lowest BCUT2D eigenvalue weighted by Crippen LogP contribution is -2.15. The molecule has 3 aromatic rings. The van der Waals surface area contributed by atoms with Gasteiger partial charge in [-0.15, -0.1) is 0 Å². The number of amides is 1. The van der Waals surface area contributed by atoms with E-state index in [-0.39, 0.29) is 17.0 Å². The van der Waals surface area contributed by atoms with E-state index in [1.807, 2.05) is 30.3 Å². The largest absolute Gasteiger partial charge is 0.493 e. The van der Waals surface area contributed by atoms with Gasteiger partial charge in [0.15, 0.2) is 11.5 Å². The molecule has 0 aliphatic carbocycles. The van der Waals surface area contributed by atoms with Crippen LogP contribution in [0, 0.1) is 0 Å². The fraction of sp³-hybridized carbons (Fsp3) is 0.261. The molecule has 0 aliphatic rings. The van der Waals surface area contributed by atoms with Crippen LogP contribution in [-0.2, 0) is 5.41 Å². The maximum Gasteiger partial charge on any atom is 0.274 e. The third-order valence-corrected chi connectivity index (χ3v) is 4.56. The zero-order valence-corrected chi connectivity index (χ0v) is 17.8. The Morgan fingerprint density at radius 2 is 1.53 bits per heavy atom. The van der Waals surface area contributed by atoms with Gasteiger partial charge in [-0.3, -0.25) is 4.79 Å². The van der Waals surface area contributed by atoms with Crippen LogP contribution in [0.5, 0.6) is 11.5 Å². The first kappa shape index (κ1) is 21.1. The number of rotatable bonds is 6. The monoisotopic (exact) mass is 406 g/mol. The highest BCUT2D eigenvalue weighted by Gasteiger charge is 2.14. The van der Waals surface area contributed by atoms with E-state index >= 15 is 0 Å². The van der Waals surface area contributed by atoms with E-state index in [2.05, 4.69) is 41.4 Å². The molecule has 0 spiro atoms. The minimum Gasteiger partial charge on any atom is -0.493 e. The van der Waals surface area contributed by atoms with Crippen molar-refractivity contribution in [2.45, 2.75) is 26.2 Å². The van der Waals surface area contributed by atoms with Gasteiger partial charge in [0.1, 0.15) is 17.8 Å². The molecule has 7 heteroatoms. The van der Waals surface area contributed by atoms with Crippen molar-refractivity contribution < 1.29 is 14.3 Å². The molecule has 0 saturated carbocycles. The number of nitrogens with one attached hydrogen (secondary N) is 2. The van der Waals surface area contributed by atoms with Crippen molar-refractivity contribution in [3.8, 4) is 11.5 Å². The van der Waals surface area contributed by atoms with Crippen molar-refractivity contribution in [2.24, 2.45) is 0 Å². The van der Waals surface area contributed by atoms with Crippen molar-refractivity contribution in [3.63, 3.8) is 0 Å². The SMILES string of the molecule is COc1ccc(Nc2cc(C(=O)Nc3ccc(C(C)(C)C)cc3)ncn2)cc1OC. The quantitative estimate of drug-likeness (QED) is 0.612. The highest BCUT2D eigenvalue weighted by molar-refractivity contribution is 6.03. The predicted octanol–water partition coefficient (Wildman–Crippen LogP) is 4.79. The van der Waals surface area contributed by atoms with Crippen molar-refractivity contribution in [3.05, 3.63) is 66.1 Å². The molecule has 3 rings (SSSR count). The Kier molecular flexibility index (Phi) is 6.20. The van der Waals surface area contributed by atoms with Crippen LogP contribution in [-0.4, -0.2) is 30.1 Å². The molecule has 156 valence electrons. The van der Waals surface area contributed by atoms with Crippen LogP contribution in [0.25, 0.3) is 0 Å². The second-order valence-electron chi connectivity index (χ2n) is 7.76. The molecular weight excluding hydrogens is 380 g/mol. The molecule has 0 radical (unpaired) electrons. The normalized spacial score (nSPS) is 11.0. The van der Waals surface area contributed by atoms with Gasteiger partial charge in [0.2, 0.25) is 0 Å². The molecule has 1 heterocycles. The number of benzene rings is 2. The highest BCUT2D eigenvalue weighted by Crippen LogP contribution is 2.31. The minimum absolute atomic E-state index is 0.0555. The molecule has 2 aromatic carbocycles. The van der Waals surface area contributed by atoms with Gasteiger partial charge in [0, 0.05) is 23.5 Å². The van der Waals surface area contributed by atoms with E-state index in [0.717, 1.165) is 5.69 Å². The Morgan fingerprint density at radius 3 is 2.17 bits per heavy atom. The van der Waals surface area contributed by atoms with E-state index in [4.69, 9.17) is 9.47 Å². The topological polar surface area (TPSA) is 85.4 Å². The number of methoxy groups -OCH3 is 2. The summed E-state index contributed by atoms with van der Waals surface area (Å²) in [5.41, 5.74) is 2.97. The molecule has 0 unspecified atom stereocenters. The fourth-order valence-electron chi connectivity index (χ4n) is 2.86. The molecule has 0 saturated heterocycles. The molecule has 0 bridgehead atoms. The molecule has 1 aromatic heterocycles. The summed E-state index contributed by atoms with van der Waals surface area (Å²) in [6.07, 6.45) is 1.35.